The lowest BCUT2D eigenvalue weighted by Gasteiger charge is -2.16. The highest BCUT2D eigenvalue weighted by Crippen LogP contribution is 2.33. The Morgan fingerprint density at radius 3 is 1.64 bits per heavy atom. The van der Waals surface area contributed by atoms with Crippen LogP contribution in [0.1, 0.15) is 35.1 Å². The van der Waals surface area contributed by atoms with Gasteiger partial charge in [-0.25, -0.2) is 0 Å². The zero-order valence-electron chi connectivity index (χ0n) is 16.5. The molecule has 0 spiro atoms. The number of methoxy groups -OCH3 is 2. The molecule has 0 radical (unpaired) electrons. The second-order valence-corrected chi connectivity index (χ2v) is 7.44. The first-order chi connectivity index (χ1) is 13.6. The van der Waals surface area contributed by atoms with Crippen molar-refractivity contribution in [2.24, 2.45) is 0 Å². The molecule has 0 amide bonds. The minimum absolute atomic E-state index is 0.108. The fourth-order valence-corrected chi connectivity index (χ4v) is 3.68. The molecule has 3 rings (SSSR count). The summed E-state index contributed by atoms with van der Waals surface area (Å²) in [6, 6.07) is 25.2. The number of ether oxygens (including phenoxy) is 2. The van der Waals surface area contributed by atoms with Crippen LogP contribution in [-0.4, -0.2) is 14.2 Å². The van der Waals surface area contributed by atoms with Crippen LogP contribution >= 0.6 is 15.9 Å². The van der Waals surface area contributed by atoms with Gasteiger partial charge < -0.3 is 9.47 Å². The predicted octanol–water partition coefficient (Wildman–Crippen LogP) is 6.83. The van der Waals surface area contributed by atoms with Gasteiger partial charge in [-0.1, -0.05) is 77.5 Å². The van der Waals surface area contributed by atoms with Crippen molar-refractivity contribution < 1.29 is 9.47 Å². The highest BCUT2D eigenvalue weighted by molar-refractivity contribution is 9.15. The minimum atomic E-state index is 0.108. The standard InChI is InChI=1S/C25H25BrO2/c1-4-18-5-7-21(8-6-18)25(26)17-24(19-9-13-22(27-2)14-10-19)20-11-15-23(28-3)16-12-20/h5-17,24H,4H2,1-3H3/b25-17+. The fourth-order valence-electron chi connectivity index (χ4n) is 3.15. The third kappa shape index (κ3) is 4.85. The number of rotatable bonds is 7. The summed E-state index contributed by atoms with van der Waals surface area (Å²) >= 11 is 3.80. The summed E-state index contributed by atoms with van der Waals surface area (Å²) in [5.41, 5.74) is 4.91. The minimum Gasteiger partial charge on any atom is -0.497 e. The molecule has 0 aliphatic carbocycles. The van der Waals surface area contributed by atoms with Crippen LogP contribution < -0.4 is 9.47 Å². The van der Waals surface area contributed by atoms with Crippen molar-refractivity contribution in [2.75, 3.05) is 14.2 Å². The van der Waals surface area contributed by atoms with Crippen LogP contribution in [0.3, 0.4) is 0 Å². The second kappa shape index (κ2) is 9.61. The Balaban J connectivity index is 2.00. The molecule has 0 atom stereocenters. The monoisotopic (exact) mass is 436 g/mol. The molecule has 0 aliphatic heterocycles. The molecule has 28 heavy (non-hydrogen) atoms. The van der Waals surface area contributed by atoms with Crippen LogP contribution in [0.15, 0.2) is 78.9 Å². The molecule has 3 aromatic rings. The second-order valence-electron chi connectivity index (χ2n) is 6.59. The zero-order valence-corrected chi connectivity index (χ0v) is 18.1. The highest BCUT2D eigenvalue weighted by Gasteiger charge is 2.14. The molecule has 3 aromatic carbocycles. The van der Waals surface area contributed by atoms with Gasteiger partial charge in [-0.05, 0) is 52.9 Å². The van der Waals surface area contributed by atoms with Crippen LogP contribution in [0.2, 0.25) is 0 Å². The fraction of sp³-hybridized carbons (Fsp3) is 0.200. The summed E-state index contributed by atoms with van der Waals surface area (Å²) in [5, 5.41) is 0. The molecular formula is C25H25BrO2. The van der Waals surface area contributed by atoms with E-state index in [1.165, 1.54) is 22.3 Å². The van der Waals surface area contributed by atoms with E-state index in [0.717, 1.165) is 22.4 Å². The Kier molecular flexibility index (Phi) is 6.94. The van der Waals surface area contributed by atoms with E-state index in [2.05, 4.69) is 77.5 Å². The van der Waals surface area contributed by atoms with E-state index in [1.54, 1.807) is 14.2 Å². The van der Waals surface area contributed by atoms with Crippen molar-refractivity contribution in [1.82, 2.24) is 0 Å². The van der Waals surface area contributed by atoms with Gasteiger partial charge in [-0.3, -0.25) is 0 Å². The van der Waals surface area contributed by atoms with E-state index in [1.807, 2.05) is 24.3 Å². The molecule has 3 heteroatoms. The summed E-state index contributed by atoms with van der Waals surface area (Å²) in [6.07, 6.45) is 3.30. The Bertz CT molecular complexity index is 863. The van der Waals surface area contributed by atoms with Gasteiger partial charge >= 0.3 is 0 Å². The number of hydrogen-bond donors (Lipinski definition) is 0. The van der Waals surface area contributed by atoms with Gasteiger partial charge in [-0.2, -0.15) is 0 Å². The van der Waals surface area contributed by atoms with Crippen molar-refractivity contribution in [3.05, 3.63) is 101 Å². The smallest absolute Gasteiger partial charge is 0.118 e. The number of hydrogen-bond acceptors (Lipinski definition) is 2. The third-order valence-electron chi connectivity index (χ3n) is 4.90. The molecule has 0 heterocycles. The van der Waals surface area contributed by atoms with E-state index in [-0.39, 0.29) is 5.92 Å². The molecule has 144 valence electrons. The maximum atomic E-state index is 5.32. The van der Waals surface area contributed by atoms with Crippen LogP contribution in [-0.2, 0) is 6.42 Å². The molecule has 0 fully saturated rings. The summed E-state index contributed by atoms with van der Waals surface area (Å²) in [7, 11) is 3.37. The SMILES string of the molecule is CCc1ccc(/C(Br)=C\C(c2ccc(OC)cc2)c2ccc(OC)cc2)cc1. The summed E-state index contributed by atoms with van der Waals surface area (Å²) < 4.78 is 11.7. The lowest BCUT2D eigenvalue weighted by molar-refractivity contribution is 0.414. The lowest BCUT2D eigenvalue weighted by atomic mass is 9.90. The Labute approximate surface area is 176 Å². The van der Waals surface area contributed by atoms with Gasteiger partial charge in [0.1, 0.15) is 11.5 Å². The van der Waals surface area contributed by atoms with Gasteiger partial charge in [-0.15, -0.1) is 0 Å². The van der Waals surface area contributed by atoms with Crippen LogP contribution in [0, 0.1) is 0 Å². The van der Waals surface area contributed by atoms with E-state index >= 15 is 0 Å². The molecular weight excluding hydrogens is 412 g/mol. The number of benzene rings is 3. The Morgan fingerprint density at radius 1 is 0.786 bits per heavy atom. The number of halogens is 1. The van der Waals surface area contributed by atoms with Crippen molar-refractivity contribution in [3.8, 4) is 11.5 Å². The van der Waals surface area contributed by atoms with Crippen molar-refractivity contribution in [1.29, 1.82) is 0 Å². The molecule has 0 aliphatic rings. The van der Waals surface area contributed by atoms with E-state index in [4.69, 9.17) is 9.47 Å². The summed E-state index contributed by atoms with van der Waals surface area (Å²) in [4.78, 5) is 0. The summed E-state index contributed by atoms with van der Waals surface area (Å²) in [5.74, 6) is 1.82. The number of aryl methyl sites for hydroxylation is 1. The molecule has 2 nitrogen and oxygen atoms in total. The zero-order chi connectivity index (χ0) is 19.9. The largest absolute Gasteiger partial charge is 0.497 e. The van der Waals surface area contributed by atoms with Crippen molar-refractivity contribution in [2.45, 2.75) is 19.3 Å². The normalized spacial score (nSPS) is 11.5. The molecule has 0 unspecified atom stereocenters. The third-order valence-corrected chi connectivity index (χ3v) is 5.62. The average Bonchev–Trinajstić information content (AvgIpc) is 2.77. The van der Waals surface area contributed by atoms with Gasteiger partial charge in [0.25, 0.3) is 0 Å². The van der Waals surface area contributed by atoms with E-state index in [9.17, 15) is 0 Å². The van der Waals surface area contributed by atoms with Gasteiger partial charge in [0, 0.05) is 10.4 Å². The predicted molar refractivity (Wildman–Crippen MR) is 121 cm³/mol. The van der Waals surface area contributed by atoms with Gasteiger partial charge in [0.15, 0.2) is 0 Å². The molecule has 0 aromatic heterocycles. The van der Waals surface area contributed by atoms with E-state index in [0.29, 0.717) is 0 Å². The Hall–Kier alpha value is -2.52. The number of allylic oxidation sites excluding steroid dienone is 1. The van der Waals surface area contributed by atoms with Gasteiger partial charge in [0.05, 0.1) is 14.2 Å². The molecule has 0 saturated carbocycles. The summed E-state index contributed by atoms with van der Waals surface area (Å²) in [6.45, 7) is 2.17. The topological polar surface area (TPSA) is 18.5 Å². The lowest BCUT2D eigenvalue weighted by Crippen LogP contribution is -1.99. The molecule has 0 N–H and O–H groups in total. The first-order valence-electron chi connectivity index (χ1n) is 9.39. The highest BCUT2D eigenvalue weighted by atomic mass is 79.9. The van der Waals surface area contributed by atoms with Crippen LogP contribution in [0.25, 0.3) is 4.48 Å². The first-order valence-corrected chi connectivity index (χ1v) is 10.2. The van der Waals surface area contributed by atoms with Crippen LogP contribution in [0.5, 0.6) is 11.5 Å². The van der Waals surface area contributed by atoms with Gasteiger partial charge in [0.2, 0.25) is 0 Å². The average molecular weight is 437 g/mol. The maximum absolute atomic E-state index is 5.32. The molecule has 0 bridgehead atoms. The Morgan fingerprint density at radius 2 is 1.25 bits per heavy atom. The molecule has 0 saturated heterocycles. The van der Waals surface area contributed by atoms with E-state index < -0.39 is 0 Å². The quantitative estimate of drug-likeness (QED) is 0.403. The maximum Gasteiger partial charge on any atom is 0.118 e. The van der Waals surface area contributed by atoms with Crippen molar-refractivity contribution in [3.63, 3.8) is 0 Å². The van der Waals surface area contributed by atoms with Crippen molar-refractivity contribution >= 4 is 20.4 Å². The first kappa shape index (κ1) is 20.2. The van der Waals surface area contributed by atoms with Crippen LogP contribution in [0.4, 0.5) is 0 Å².